The molecule has 4 nitrogen and oxygen atoms in total. The highest BCUT2D eigenvalue weighted by Gasteiger charge is 2.13. The minimum atomic E-state index is -0.114. The number of nitrogens with one attached hydrogen (secondary N) is 1. The second kappa shape index (κ2) is 7.42. The van der Waals surface area contributed by atoms with E-state index in [1.165, 1.54) is 5.56 Å². The van der Waals surface area contributed by atoms with Gasteiger partial charge >= 0.3 is 0 Å². The van der Waals surface area contributed by atoms with Crippen LogP contribution in [-0.2, 0) is 0 Å². The standard InChI is InChI=1S/C21H17N3OS2/c1-13-3-4-15(21-23-9-10-26-21)11-17(13)18-5-6-19(27-18)24-20(25)16-7-8-22-12-14(16)2/h3-12H,1-2H3,(H,24,25). The van der Waals surface area contributed by atoms with Gasteiger partial charge in [0.25, 0.3) is 5.91 Å². The second-order valence-corrected chi connectivity index (χ2v) is 8.15. The van der Waals surface area contributed by atoms with Gasteiger partial charge in [0, 0.05) is 40.0 Å². The molecule has 0 bridgehead atoms. The molecule has 0 aliphatic heterocycles. The summed E-state index contributed by atoms with van der Waals surface area (Å²) in [6.07, 6.45) is 5.15. The molecule has 1 amide bonds. The van der Waals surface area contributed by atoms with Gasteiger partial charge in [-0.05, 0) is 54.8 Å². The Kier molecular flexibility index (Phi) is 4.83. The molecule has 134 valence electrons. The van der Waals surface area contributed by atoms with E-state index in [0.717, 1.165) is 31.6 Å². The molecule has 4 rings (SSSR count). The molecule has 0 atom stereocenters. The average molecular weight is 392 g/mol. The van der Waals surface area contributed by atoms with Crippen molar-refractivity contribution in [1.82, 2.24) is 9.97 Å². The van der Waals surface area contributed by atoms with E-state index in [2.05, 4.69) is 40.4 Å². The van der Waals surface area contributed by atoms with Crippen LogP contribution in [0.25, 0.3) is 21.0 Å². The van der Waals surface area contributed by atoms with Gasteiger partial charge in [-0.15, -0.1) is 22.7 Å². The van der Waals surface area contributed by atoms with Crippen molar-refractivity contribution in [2.24, 2.45) is 0 Å². The van der Waals surface area contributed by atoms with Crippen LogP contribution in [0.1, 0.15) is 21.5 Å². The molecule has 1 N–H and O–H groups in total. The van der Waals surface area contributed by atoms with Crippen molar-refractivity contribution in [3.8, 4) is 21.0 Å². The van der Waals surface area contributed by atoms with Gasteiger partial charge in [0.2, 0.25) is 0 Å². The van der Waals surface area contributed by atoms with E-state index in [1.54, 1.807) is 41.1 Å². The number of aryl methyl sites for hydroxylation is 2. The normalized spacial score (nSPS) is 10.7. The fraction of sp³-hybridized carbons (Fsp3) is 0.0952. The van der Waals surface area contributed by atoms with Crippen molar-refractivity contribution in [3.63, 3.8) is 0 Å². The van der Waals surface area contributed by atoms with Crippen molar-refractivity contribution in [3.05, 3.63) is 77.1 Å². The maximum absolute atomic E-state index is 12.5. The van der Waals surface area contributed by atoms with E-state index in [9.17, 15) is 4.79 Å². The molecule has 0 saturated carbocycles. The van der Waals surface area contributed by atoms with Crippen LogP contribution in [-0.4, -0.2) is 15.9 Å². The molecule has 0 radical (unpaired) electrons. The van der Waals surface area contributed by atoms with Gasteiger partial charge in [-0.25, -0.2) is 4.98 Å². The second-order valence-electron chi connectivity index (χ2n) is 6.18. The molecule has 0 spiro atoms. The molecule has 0 aliphatic carbocycles. The van der Waals surface area contributed by atoms with Gasteiger partial charge in [0.15, 0.2) is 0 Å². The van der Waals surface area contributed by atoms with E-state index < -0.39 is 0 Å². The van der Waals surface area contributed by atoms with E-state index in [-0.39, 0.29) is 5.91 Å². The number of nitrogens with zero attached hydrogens (tertiary/aromatic N) is 2. The molecule has 1 aromatic carbocycles. The van der Waals surface area contributed by atoms with Crippen LogP contribution in [0.15, 0.2) is 60.4 Å². The van der Waals surface area contributed by atoms with E-state index in [0.29, 0.717) is 5.56 Å². The van der Waals surface area contributed by atoms with Crippen molar-refractivity contribution in [2.45, 2.75) is 13.8 Å². The minimum absolute atomic E-state index is 0.114. The highest BCUT2D eigenvalue weighted by Crippen LogP contribution is 2.36. The molecule has 0 unspecified atom stereocenters. The quantitative estimate of drug-likeness (QED) is 0.478. The first kappa shape index (κ1) is 17.6. The van der Waals surface area contributed by atoms with E-state index in [1.807, 2.05) is 30.6 Å². The monoisotopic (exact) mass is 391 g/mol. The summed E-state index contributed by atoms with van der Waals surface area (Å²) < 4.78 is 0. The lowest BCUT2D eigenvalue weighted by atomic mass is 10.0. The largest absolute Gasteiger partial charge is 0.314 e. The van der Waals surface area contributed by atoms with Crippen molar-refractivity contribution in [1.29, 1.82) is 0 Å². The highest BCUT2D eigenvalue weighted by atomic mass is 32.1. The lowest BCUT2D eigenvalue weighted by Gasteiger charge is -2.06. The van der Waals surface area contributed by atoms with E-state index in [4.69, 9.17) is 0 Å². The van der Waals surface area contributed by atoms with Crippen molar-refractivity contribution < 1.29 is 4.79 Å². The Labute approximate surface area is 165 Å². The molecule has 0 aliphatic rings. The number of amides is 1. The SMILES string of the molecule is Cc1cnccc1C(=O)Nc1ccc(-c2cc(-c3nccs3)ccc2C)s1. The van der Waals surface area contributed by atoms with Crippen LogP contribution in [0, 0.1) is 13.8 Å². The molecule has 3 aromatic heterocycles. The number of hydrogen-bond donors (Lipinski definition) is 1. The van der Waals surface area contributed by atoms with Crippen LogP contribution in [0.5, 0.6) is 0 Å². The number of anilines is 1. The van der Waals surface area contributed by atoms with Crippen LogP contribution in [0.4, 0.5) is 5.00 Å². The molecule has 27 heavy (non-hydrogen) atoms. The van der Waals surface area contributed by atoms with Gasteiger partial charge in [-0.1, -0.05) is 12.1 Å². The van der Waals surface area contributed by atoms with E-state index >= 15 is 0 Å². The zero-order valence-electron chi connectivity index (χ0n) is 14.9. The number of thiophene rings is 1. The number of pyridine rings is 1. The lowest BCUT2D eigenvalue weighted by molar-refractivity contribution is 0.102. The fourth-order valence-electron chi connectivity index (χ4n) is 2.84. The Morgan fingerprint density at radius 3 is 2.70 bits per heavy atom. The molecule has 0 saturated heterocycles. The van der Waals surface area contributed by atoms with Gasteiger partial charge in [0.05, 0.1) is 5.00 Å². The summed E-state index contributed by atoms with van der Waals surface area (Å²) in [5, 5.41) is 6.81. The molecular formula is C21H17N3OS2. The number of aromatic nitrogens is 2. The summed E-state index contributed by atoms with van der Waals surface area (Å²) in [5.41, 5.74) is 4.96. The third-order valence-electron chi connectivity index (χ3n) is 4.29. The Morgan fingerprint density at radius 1 is 1.04 bits per heavy atom. The predicted molar refractivity (Wildman–Crippen MR) is 113 cm³/mol. The summed E-state index contributed by atoms with van der Waals surface area (Å²) in [4.78, 5) is 22.1. The number of thiazole rings is 1. The maximum atomic E-state index is 12.5. The highest BCUT2D eigenvalue weighted by molar-refractivity contribution is 7.19. The Bertz CT molecular complexity index is 1100. The third kappa shape index (κ3) is 3.67. The van der Waals surface area contributed by atoms with Crippen LogP contribution in [0.3, 0.4) is 0 Å². The first-order valence-electron chi connectivity index (χ1n) is 8.44. The summed E-state index contributed by atoms with van der Waals surface area (Å²) in [6.45, 7) is 3.98. The third-order valence-corrected chi connectivity index (χ3v) is 6.15. The lowest BCUT2D eigenvalue weighted by Crippen LogP contribution is -2.12. The summed E-state index contributed by atoms with van der Waals surface area (Å²) in [5.74, 6) is -0.114. The summed E-state index contributed by atoms with van der Waals surface area (Å²) >= 11 is 3.20. The molecular weight excluding hydrogens is 374 g/mol. The number of carbonyl (C=O) groups is 1. The van der Waals surface area contributed by atoms with Gasteiger partial charge in [-0.3, -0.25) is 9.78 Å². The van der Waals surface area contributed by atoms with Gasteiger partial charge in [-0.2, -0.15) is 0 Å². The number of rotatable bonds is 4. The Hall–Kier alpha value is -2.83. The van der Waals surface area contributed by atoms with Gasteiger partial charge in [0.1, 0.15) is 5.01 Å². The van der Waals surface area contributed by atoms with Crippen molar-refractivity contribution >= 4 is 33.6 Å². The Balaban J connectivity index is 1.60. The Morgan fingerprint density at radius 2 is 1.93 bits per heavy atom. The fourth-order valence-corrected chi connectivity index (χ4v) is 4.46. The van der Waals surface area contributed by atoms with Crippen LogP contribution < -0.4 is 5.32 Å². The number of carbonyl (C=O) groups excluding carboxylic acids is 1. The minimum Gasteiger partial charge on any atom is -0.314 e. The molecule has 3 heterocycles. The van der Waals surface area contributed by atoms with Crippen LogP contribution >= 0.6 is 22.7 Å². The van der Waals surface area contributed by atoms with Gasteiger partial charge < -0.3 is 5.32 Å². The smallest absolute Gasteiger partial charge is 0.256 e. The predicted octanol–water partition coefficient (Wildman–Crippen LogP) is 5.80. The molecule has 4 aromatic rings. The zero-order chi connectivity index (χ0) is 18.8. The summed E-state index contributed by atoms with van der Waals surface area (Å²) in [7, 11) is 0. The maximum Gasteiger partial charge on any atom is 0.256 e. The number of hydrogen-bond acceptors (Lipinski definition) is 5. The van der Waals surface area contributed by atoms with Crippen LogP contribution in [0.2, 0.25) is 0 Å². The topological polar surface area (TPSA) is 54.9 Å². The average Bonchev–Trinajstić information content (AvgIpc) is 3.34. The first-order valence-corrected chi connectivity index (χ1v) is 10.1. The molecule has 0 fully saturated rings. The zero-order valence-corrected chi connectivity index (χ0v) is 16.5. The van der Waals surface area contributed by atoms with Crippen molar-refractivity contribution in [2.75, 3.05) is 5.32 Å². The summed E-state index contributed by atoms with van der Waals surface area (Å²) in [6, 6.07) is 12.1. The number of benzene rings is 1. The first-order chi connectivity index (χ1) is 13.1. The molecule has 6 heteroatoms.